The van der Waals surface area contributed by atoms with Crippen LogP contribution in [0.5, 0.6) is 11.5 Å². The van der Waals surface area contributed by atoms with Crippen molar-refractivity contribution in [2.75, 3.05) is 7.11 Å². The van der Waals surface area contributed by atoms with Crippen LogP contribution in [0, 0.1) is 6.92 Å². The highest BCUT2D eigenvalue weighted by Gasteiger charge is 2.11. The normalized spacial score (nSPS) is 10.6. The highest BCUT2D eigenvalue weighted by Crippen LogP contribution is 2.20. The third-order valence-electron chi connectivity index (χ3n) is 4.27. The molecule has 0 spiro atoms. The van der Waals surface area contributed by atoms with E-state index in [4.69, 9.17) is 9.47 Å². The number of ether oxygens (including phenoxy) is 2. The molecule has 4 nitrogen and oxygen atoms in total. The Morgan fingerprint density at radius 1 is 0.857 bits per heavy atom. The van der Waals surface area contributed by atoms with Crippen molar-refractivity contribution in [3.63, 3.8) is 0 Å². The Morgan fingerprint density at radius 3 is 2.25 bits per heavy atom. The molecule has 0 aliphatic carbocycles. The maximum Gasteiger partial charge on any atom is 0.343 e. The second-order valence-corrected chi connectivity index (χ2v) is 6.17. The average molecular weight is 372 g/mol. The summed E-state index contributed by atoms with van der Waals surface area (Å²) in [7, 11) is 1.59. The zero-order chi connectivity index (χ0) is 19.9. The standard InChI is InChI=1S/C24H20O4/c1-17-7-3-5-9-21(17)24(26)28-20-14-11-18(12-15-20)22(25)16-13-19-8-4-6-10-23(19)27-2/h3-16H,1-2H3/b16-13+. The van der Waals surface area contributed by atoms with Gasteiger partial charge in [0.1, 0.15) is 11.5 Å². The van der Waals surface area contributed by atoms with E-state index in [1.807, 2.05) is 43.3 Å². The Bertz CT molecular complexity index is 1020. The third kappa shape index (κ3) is 4.54. The first-order chi connectivity index (χ1) is 13.6. The number of hydrogen-bond acceptors (Lipinski definition) is 4. The van der Waals surface area contributed by atoms with Crippen molar-refractivity contribution in [1.82, 2.24) is 0 Å². The molecule has 3 rings (SSSR count). The molecule has 3 aromatic carbocycles. The molecule has 0 bridgehead atoms. The number of ketones is 1. The predicted octanol–water partition coefficient (Wildman–Crippen LogP) is 5.12. The Balaban J connectivity index is 1.68. The van der Waals surface area contributed by atoms with Crippen LogP contribution in [0.1, 0.15) is 31.8 Å². The van der Waals surface area contributed by atoms with Crippen LogP contribution in [0.3, 0.4) is 0 Å². The van der Waals surface area contributed by atoms with Gasteiger partial charge in [0.05, 0.1) is 12.7 Å². The lowest BCUT2D eigenvalue weighted by Gasteiger charge is -2.07. The highest BCUT2D eigenvalue weighted by atomic mass is 16.5. The van der Waals surface area contributed by atoms with E-state index in [1.165, 1.54) is 6.08 Å². The minimum Gasteiger partial charge on any atom is -0.496 e. The molecule has 0 heterocycles. The molecule has 4 heteroatoms. The number of aryl methyl sites for hydroxylation is 1. The van der Waals surface area contributed by atoms with Gasteiger partial charge in [-0.2, -0.15) is 0 Å². The Kier molecular flexibility index (Phi) is 6.02. The lowest BCUT2D eigenvalue weighted by molar-refractivity contribution is 0.0734. The number of para-hydroxylation sites is 1. The van der Waals surface area contributed by atoms with E-state index in [1.54, 1.807) is 49.6 Å². The van der Waals surface area contributed by atoms with Crippen molar-refractivity contribution >= 4 is 17.8 Å². The summed E-state index contributed by atoms with van der Waals surface area (Å²) in [5.74, 6) is 0.513. The molecule has 0 N–H and O–H groups in total. The first-order valence-corrected chi connectivity index (χ1v) is 8.82. The summed E-state index contributed by atoms with van der Waals surface area (Å²) >= 11 is 0. The molecule has 0 amide bonds. The lowest BCUT2D eigenvalue weighted by Crippen LogP contribution is -2.10. The third-order valence-corrected chi connectivity index (χ3v) is 4.27. The molecule has 0 radical (unpaired) electrons. The van der Waals surface area contributed by atoms with Gasteiger partial charge in [0, 0.05) is 11.1 Å². The van der Waals surface area contributed by atoms with Gasteiger partial charge in [-0.3, -0.25) is 4.79 Å². The van der Waals surface area contributed by atoms with Crippen LogP contribution in [0.4, 0.5) is 0 Å². The molecule has 0 unspecified atom stereocenters. The number of hydrogen-bond donors (Lipinski definition) is 0. The van der Waals surface area contributed by atoms with Crippen molar-refractivity contribution < 1.29 is 19.1 Å². The molecule has 0 fully saturated rings. The fourth-order valence-corrected chi connectivity index (χ4v) is 2.72. The summed E-state index contributed by atoms with van der Waals surface area (Å²) in [5.41, 5.74) is 2.69. The largest absolute Gasteiger partial charge is 0.496 e. The van der Waals surface area contributed by atoms with Gasteiger partial charge in [-0.25, -0.2) is 4.79 Å². The molecule has 0 saturated carbocycles. The zero-order valence-corrected chi connectivity index (χ0v) is 15.7. The Hall–Kier alpha value is -3.66. The van der Waals surface area contributed by atoms with Crippen LogP contribution in [-0.2, 0) is 0 Å². The summed E-state index contributed by atoms with van der Waals surface area (Å²) in [6, 6.07) is 21.2. The summed E-state index contributed by atoms with van der Waals surface area (Å²) in [6.45, 7) is 1.85. The molecular formula is C24H20O4. The van der Waals surface area contributed by atoms with Gasteiger partial charge < -0.3 is 9.47 Å². The van der Waals surface area contributed by atoms with Crippen LogP contribution in [0.2, 0.25) is 0 Å². The molecule has 28 heavy (non-hydrogen) atoms. The van der Waals surface area contributed by atoms with E-state index in [9.17, 15) is 9.59 Å². The van der Waals surface area contributed by atoms with Gasteiger partial charge in [-0.05, 0) is 61.0 Å². The zero-order valence-electron chi connectivity index (χ0n) is 15.7. The second kappa shape index (κ2) is 8.82. The van der Waals surface area contributed by atoms with Gasteiger partial charge in [0.25, 0.3) is 0 Å². The van der Waals surface area contributed by atoms with Gasteiger partial charge in [0.2, 0.25) is 0 Å². The van der Waals surface area contributed by atoms with E-state index in [0.29, 0.717) is 22.6 Å². The number of carbonyl (C=O) groups is 2. The van der Waals surface area contributed by atoms with Crippen molar-refractivity contribution in [2.45, 2.75) is 6.92 Å². The second-order valence-electron chi connectivity index (χ2n) is 6.17. The summed E-state index contributed by atoms with van der Waals surface area (Å²) < 4.78 is 10.7. The van der Waals surface area contributed by atoms with Gasteiger partial charge in [-0.1, -0.05) is 36.4 Å². The number of carbonyl (C=O) groups excluding carboxylic acids is 2. The maximum atomic E-state index is 12.4. The fraction of sp³-hybridized carbons (Fsp3) is 0.0833. The van der Waals surface area contributed by atoms with Crippen molar-refractivity contribution in [1.29, 1.82) is 0 Å². The minimum atomic E-state index is -0.423. The number of benzene rings is 3. The highest BCUT2D eigenvalue weighted by molar-refractivity contribution is 6.07. The van der Waals surface area contributed by atoms with Crippen LogP contribution < -0.4 is 9.47 Å². The molecule has 140 valence electrons. The quantitative estimate of drug-likeness (QED) is 0.261. The molecule has 0 aliphatic rings. The van der Waals surface area contributed by atoms with E-state index in [2.05, 4.69) is 0 Å². The molecule has 0 saturated heterocycles. The SMILES string of the molecule is COc1ccccc1/C=C/C(=O)c1ccc(OC(=O)c2ccccc2C)cc1. The number of rotatable bonds is 6. The molecule has 0 aliphatic heterocycles. The number of allylic oxidation sites excluding steroid dienone is 1. The molecular weight excluding hydrogens is 352 g/mol. The summed E-state index contributed by atoms with van der Waals surface area (Å²) in [5, 5.41) is 0. The number of esters is 1. The maximum absolute atomic E-state index is 12.4. The van der Waals surface area contributed by atoms with E-state index in [-0.39, 0.29) is 5.78 Å². The monoisotopic (exact) mass is 372 g/mol. The predicted molar refractivity (Wildman–Crippen MR) is 109 cm³/mol. The van der Waals surface area contributed by atoms with E-state index >= 15 is 0 Å². The van der Waals surface area contributed by atoms with E-state index in [0.717, 1.165) is 11.1 Å². The lowest BCUT2D eigenvalue weighted by atomic mass is 10.1. The Morgan fingerprint density at radius 2 is 1.54 bits per heavy atom. The fourth-order valence-electron chi connectivity index (χ4n) is 2.72. The van der Waals surface area contributed by atoms with E-state index < -0.39 is 5.97 Å². The topological polar surface area (TPSA) is 52.6 Å². The van der Waals surface area contributed by atoms with Crippen molar-refractivity contribution in [2.24, 2.45) is 0 Å². The first-order valence-electron chi connectivity index (χ1n) is 8.82. The summed E-state index contributed by atoms with van der Waals surface area (Å²) in [6.07, 6.45) is 3.21. The smallest absolute Gasteiger partial charge is 0.343 e. The molecule has 3 aromatic rings. The van der Waals surface area contributed by atoms with Gasteiger partial charge >= 0.3 is 5.97 Å². The van der Waals surface area contributed by atoms with Crippen LogP contribution in [0.15, 0.2) is 78.9 Å². The number of methoxy groups -OCH3 is 1. The summed E-state index contributed by atoms with van der Waals surface area (Å²) in [4.78, 5) is 24.6. The van der Waals surface area contributed by atoms with Crippen molar-refractivity contribution in [3.8, 4) is 11.5 Å². The van der Waals surface area contributed by atoms with Crippen LogP contribution in [0.25, 0.3) is 6.08 Å². The van der Waals surface area contributed by atoms with Crippen LogP contribution >= 0.6 is 0 Å². The first kappa shape index (κ1) is 19.1. The minimum absolute atomic E-state index is 0.150. The Labute approximate surface area is 164 Å². The van der Waals surface area contributed by atoms with Gasteiger partial charge in [-0.15, -0.1) is 0 Å². The van der Waals surface area contributed by atoms with Gasteiger partial charge in [0.15, 0.2) is 5.78 Å². The molecule has 0 atom stereocenters. The molecule has 0 aromatic heterocycles. The average Bonchev–Trinajstić information content (AvgIpc) is 2.73. The van der Waals surface area contributed by atoms with Crippen LogP contribution in [-0.4, -0.2) is 18.9 Å². The van der Waals surface area contributed by atoms with Crippen molar-refractivity contribution in [3.05, 3.63) is 101 Å².